The van der Waals surface area contributed by atoms with E-state index in [4.69, 9.17) is 24.3 Å². The number of hydrogen-bond donors (Lipinski definition) is 2. The monoisotopic (exact) mass is 919 g/mol. The first-order valence-electron chi connectivity index (χ1n) is 13.5. The number of anilines is 2. The average Bonchev–Trinajstić information content (AvgIpc) is 3.70. The Hall–Kier alpha value is -1.19. The van der Waals surface area contributed by atoms with E-state index in [1.54, 1.807) is 18.2 Å². The summed E-state index contributed by atoms with van der Waals surface area (Å²) in [6.45, 7) is 7.58. The van der Waals surface area contributed by atoms with E-state index in [0.29, 0.717) is 38.4 Å². The molecule has 2 aromatic rings. The Morgan fingerprint density at radius 2 is 1.40 bits per heavy atom. The predicted molar refractivity (Wildman–Crippen MR) is 175 cm³/mol. The number of morpholine rings is 2. The van der Waals surface area contributed by atoms with E-state index in [1.807, 2.05) is 12.1 Å². The molecule has 3 fully saturated rings. The van der Waals surface area contributed by atoms with Crippen molar-refractivity contribution < 1.29 is 51.8 Å². The van der Waals surface area contributed by atoms with Crippen LogP contribution in [0, 0.1) is 0 Å². The van der Waals surface area contributed by atoms with E-state index >= 15 is 0 Å². The number of esters is 2. The second-order valence-electron chi connectivity index (χ2n) is 9.43. The van der Waals surface area contributed by atoms with Crippen molar-refractivity contribution in [3.63, 3.8) is 0 Å². The van der Waals surface area contributed by atoms with Crippen LogP contribution in [0.2, 0.25) is 0 Å². The van der Waals surface area contributed by atoms with Crippen molar-refractivity contribution in [2.45, 2.75) is 12.3 Å². The second-order valence-corrected chi connectivity index (χ2v) is 25.7. The van der Waals surface area contributed by atoms with E-state index in [0.717, 1.165) is 58.3 Å². The minimum absolute atomic E-state index is 0.0863. The number of hydrogen-bond acceptors (Lipinski definition) is 10. The predicted octanol–water partition coefficient (Wildman–Crippen LogP) is -0.368. The van der Waals surface area contributed by atoms with Gasteiger partial charge in [-0.1, -0.05) is 24.3 Å². The van der Waals surface area contributed by atoms with E-state index in [9.17, 15) is 9.59 Å². The number of carbonyl (C=O) groups excluding carboxylic acids is 2. The van der Waals surface area contributed by atoms with Gasteiger partial charge in [-0.25, -0.2) is 4.79 Å². The first-order chi connectivity index (χ1) is 20.4. The maximum atomic E-state index is 11.2. The third kappa shape index (κ3) is 12.4. The van der Waals surface area contributed by atoms with Gasteiger partial charge in [0.1, 0.15) is 6.61 Å². The molecule has 14 heteroatoms. The van der Waals surface area contributed by atoms with Crippen LogP contribution in [-0.4, -0.2) is 94.9 Å². The SMILES string of the molecule is I[I-]I.O=C1C=CCO1.O=C1C[C@H](c2cccc(N3CCOCC3)c2)CO1.OB(O)c1cccc(N2CCOCC2)c1. The van der Waals surface area contributed by atoms with E-state index < -0.39 is 7.12 Å². The van der Waals surface area contributed by atoms with Gasteiger partial charge in [-0.15, -0.1) is 0 Å². The second kappa shape index (κ2) is 20.0. The molecule has 0 radical (unpaired) electrons. The zero-order valence-corrected chi connectivity index (χ0v) is 29.6. The molecule has 4 aliphatic rings. The number of halogens is 3. The fourth-order valence-corrected chi connectivity index (χ4v) is 4.55. The summed E-state index contributed by atoms with van der Waals surface area (Å²) in [6.07, 6.45) is 3.61. The molecule has 0 amide bonds. The van der Waals surface area contributed by atoms with Gasteiger partial charge in [-0.3, -0.25) is 4.79 Å². The van der Waals surface area contributed by atoms with Gasteiger partial charge >= 0.3 is 69.5 Å². The molecule has 0 unspecified atom stereocenters. The third-order valence-electron chi connectivity index (χ3n) is 6.70. The molecule has 42 heavy (non-hydrogen) atoms. The number of benzene rings is 2. The smallest absolute Gasteiger partial charge is 0.465 e. The summed E-state index contributed by atoms with van der Waals surface area (Å²) >= 11 is 5.30. The van der Waals surface area contributed by atoms with Crippen LogP contribution >= 0.6 is 37.2 Å². The van der Waals surface area contributed by atoms with Gasteiger partial charge in [0.15, 0.2) is 0 Å². The van der Waals surface area contributed by atoms with E-state index in [2.05, 4.69) is 76.0 Å². The molecular formula is C28H35BI3N2O8-. The minimum Gasteiger partial charge on any atom is -0.465 e. The maximum absolute atomic E-state index is 11.2. The zero-order chi connectivity index (χ0) is 30.2. The molecule has 6 rings (SSSR count). The summed E-state index contributed by atoms with van der Waals surface area (Å²) < 4.78 is 20.1. The number of nitrogens with zero attached hydrogens (tertiary/aromatic N) is 2. The van der Waals surface area contributed by atoms with Crippen LogP contribution in [0.3, 0.4) is 0 Å². The Bertz CT molecular complexity index is 1150. The van der Waals surface area contributed by atoms with Crippen LogP contribution in [0.25, 0.3) is 0 Å². The molecule has 1 atom stereocenters. The Morgan fingerprint density at radius 3 is 1.86 bits per heavy atom. The largest absolute Gasteiger partial charge is 0.488 e. The molecular weight excluding hydrogens is 884 g/mol. The molecule has 0 bridgehead atoms. The quantitative estimate of drug-likeness (QED) is 0.240. The molecule has 0 aliphatic carbocycles. The summed E-state index contributed by atoms with van der Waals surface area (Å²) in [5, 5.41) is 18.1. The Kier molecular flexibility index (Phi) is 16.8. The van der Waals surface area contributed by atoms with Crippen molar-refractivity contribution in [3.8, 4) is 0 Å². The molecule has 2 N–H and O–H groups in total. The minimum atomic E-state index is -1.40. The van der Waals surface area contributed by atoms with Crippen molar-refractivity contribution in [1.29, 1.82) is 0 Å². The average molecular weight is 919 g/mol. The Morgan fingerprint density at radius 1 is 0.833 bits per heavy atom. The van der Waals surface area contributed by atoms with Crippen molar-refractivity contribution in [2.75, 3.05) is 75.6 Å². The van der Waals surface area contributed by atoms with Crippen molar-refractivity contribution in [3.05, 3.63) is 66.2 Å². The van der Waals surface area contributed by atoms with E-state index in [1.165, 1.54) is 17.3 Å². The van der Waals surface area contributed by atoms with Crippen LogP contribution in [0.1, 0.15) is 17.9 Å². The number of cyclic esters (lactones) is 2. The van der Waals surface area contributed by atoms with Crippen LogP contribution in [0.15, 0.2) is 60.7 Å². The number of rotatable bonds is 4. The van der Waals surface area contributed by atoms with Crippen LogP contribution < -0.4 is 28.5 Å². The van der Waals surface area contributed by atoms with Gasteiger partial charge in [0.25, 0.3) is 0 Å². The molecule has 230 valence electrons. The normalized spacial score (nSPS) is 19.4. The first-order valence-corrected chi connectivity index (χ1v) is 26.1. The fraction of sp³-hybridized carbons (Fsp3) is 0.429. The topological polar surface area (TPSA) is 118 Å². The first kappa shape index (κ1) is 35.3. The summed E-state index contributed by atoms with van der Waals surface area (Å²) in [4.78, 5) is 25.6. The van der Waals surface area contributed by atoms with Gasteiger partial charge in [0.2, 0.25) is 0 Å². The molecule has 4 heterocycles. The van der Waals surface area contributed by atoms with Crippen LogP contribution in [0.4, 0.5) is 11.4 Å². The molecule has 3 saturated heterocycles. The van der Waals surface area contributed by atoms with Gasteiger partial charge in [-0.05, 0) is 41.4 Å². The molecule has 2 aromatic carbocycles. The number of carbonyl (C=O) groups is 2. The van der Waals surface area contributed by atoms with Crippen molar-refractivity contribution in [2.24, 2.45) is 0 Å². The zero-order valence-electron chi connectivity index (χ0n) is 23.1. The molecule has 0 saturated carbocycles. The summed E-state index contributed by atoms with van der Waals surface area (Å²) in [7, 11) is -1.40. The van der Waals surface area contributed by atoms with Gasteiger partial charge in [0.05, 0.1) is 39.5 Å². The third-order valence-corrected chi connectivity index (χ3v) is 6.70. The summed E-state index contributed by atoms with van der Waals surface area (Å²) in [5.41, 5.74) is 3.96. The van der Waals surface area contributed by atoms with Gasteiger partial charge in [0, 0.05) is 49.5 Å². The summed E-state index contributed by atoms with van der Waals surface area (Å²) in [5.74, 6) is -0.0923. The summed E-state index contributed by atoms with van der Waals surface area (Å²) in [6, 6.07) is 15.7. The Balaban J connectivity index is 0.000000181. The molecule has 10 nitrogen and oxygen atoms in total. The fourth-order valence-electron chi connectivity index (χ4n) is 4.55. The molecule has 0 aromatic heterocycles. The Labute approximate surface area is 276 Å². The molecule has 4 aliphatic heterocycles. The van der Waals surface area contributed by atoms with Crippen LogP contribution in [-0.2, 0) is 28.5 Å². The van der Waals surface area contributed by atoms with E-state index in [-0.39, 0.29) is 17.9 Å². The maximum Gasteiger partial charge on any atom is 0.488 e. The molecule has 0 spiro atoms. The number of ether oxygens (including phenoxy) is 4. The van der Waals surface area contributed by atoms with Crippen molar-refractivity contribution in [1.82, 2.24) is 0 Å². The van der Waals surface area contributed by atoms with Crippen molar-refractivity contribution >= 4 is 73.1 Å². The van der Waals surface area contributed by atoms with Gasteiger partial charge < -0.3 is 38.8 Å². The standard InChI is InChI=1S/C14H17NO3.C10H14BNO3.C4H4O2.I3/c16-14-9-12(10-18-14)11-2-1-3-13(8-11)15-4-6-17-7-5-15;13-11(14)9-2-1-3-10(8-9)12-4-6-15-7-5-12;5-4-2-1-3-6-4;1-3-2/h1-3,8,12H,4-7,9-10H2;1-3,8,13-14H,4-7H2;1-2H,3H2;/q;;;-1/t12-;;;/m0.../s1. The van der Waals surface area contributed by atoms with Crippen LogP contribution in [0.5, 0.6) is 0 Å². The van der Waals surface area contributed by atoms with Gasteiger partial charge in [-0.2, -0.15) is 0 Å².